The molecule has 0 aliphatic carbocycles. The molecule has 2 spiro atoms. The quantitative estimate of drug-likeness (QED) is 0.185. The number of rotatable bonds is 8. The lowest BCUT2D eigenvalue weighted by atomic mass is 10.1. The number of methoxy groups -OCH3 is 3. The van der Waals surface area contributed by atoms with Gasteiger partial charge < -0.3 is 33.2 Å². The van der Waals surface area contributed by atoms with E-state index in [9.17, 15) is 9.59 Å². The molecule has 6 rings (SSSR count). The average Bonchev–Trinajstić information content (AvgIpc) is 3.65. The fraction of sp³-hybridized carbons (Fsp3) is 0.486. The van der Waals surface area contributed by atoms with Gasteiger partial charge in [-0.1, -0.05) is 37.4 Å². The Bertz CT molecular complexity index is 1320. The molecule has 4 aliphatic heterocycles. The van der Waals surface area contributed by atoms with Crippen LogP contribution in [0.4, 0.5) is 0 Å². The zero-order valence-corrected chi connectivity index (χ0v) is 27.8. The van der Waals surface area contributed by atoms with Gasteiger partial charge in [-0.15, -0.1) is 0 Å². The van der Waals surface area contributed by atoms with Gasteiger partial charge in [-0.25, -0.2) is 5.48 Å². The van der Waals surface area contributed by atoms with E-state index in [1.54, 1.807) is 19.7 Å². The van der Waals surface area contributed by atoms with Gasteiger partial charge in [-0.3, -0.25) is 24.6 Å². The summed E-state index contributed by atoms with van der Waals surface area (Å²) in [5, 5.41) is 9.04. The summed E-state index contributed by atoms with van der Waals surface area (Å²) in [6.45, 7) is 11.6. The maximum Gasteiger partial charge on any atom is 0.323 e. The number of esters is 1. The van der Waals surface area contributed by atoms with E-state index in [4.69, 9.17) is 38.4 Å². The van der Waals surface area contributed by atoms with Crippen molar-refractivity contribution in [2.75, 3.05) is 60.8 Å². The Morgan fingerprint density at radius 3 is 1.52 bits per heavy atom. The van der Waals surface area contributed by atoms with Gasteiger partial charge >= 0.3 is 5.97 Å². The van der Waals surface area contributed by atoms with E-state index in [1.807, 2.05) is 58.3 Å². The summed E-state index contributed by atoms with van der Waals surface area (Å²) < 4.78 is 38.7. The normalized spacial score (nSPS) is 23.4. The van der Waals surface area contributed by atoms with E-state index in [2.05, 4.69) is 13.2 Å². The molecular weight excluding hydrogens is 622 g/mol. The summed E-state index contributed by atoms with van der Waals surface area (Å²) in [6, 6.07) is 14.5. The predicted molar refractivity (Wildman–Crippen MR) is 173 cm³/mol. The van der Waals surface area contributed by atoms with Crippen LogP contribution in [0.25, 0.3) is 0 Å². The molecule has 4 heterocycles. The first-order valence-corrected chi connectivity index (χ1v) is 15.8. The first-order valence-electron chi connectivity index (χ1n) is 15.8. The third-order valence-electron chi connectivity index (χ3n) is 8.91. The first-order chi connectivity index (χ1) is 23.1. The van der Waals surface area contributed by atoms with Crippen molar-refractivity contribution in [3.63, 3.8) is 0 Å². The molecule has 0 saturated carbocycles. The van der Waals surface area contributed by atoms with Crippen LogP contribution >= 0.6 is 0 Å². The molecule has 260 valence electrons. The second-order valence-electron chi connectivity index (χ2n) is 12.4. The lowest BCUT2D eigenvalue weighted by Gasteiger charge is -2.34. The maximum atomic E-state index is 12.2. The zero-order chi connectivity index (χ0) is 34.3. The van der Waals surface area contributed by atoms with Crippen molar-refractivity contribution in [1.29, 1.82) is 0 Å². The maximum absolute atomic E-state index is 12.2. The Balaban J connectivity index is 0.000000188. The van der Waals surface area contributed by atoms with Crippen LogP contribution in [-0.2, 0) is 46.4 Å². The van der Waals surface area contributed by atoms with Gasteiger partial charge in [0.25, 0.3) is 5.91 Å². The number of nitrogens with one attached hydrogen (secondary N) is 1. The Morgan fingerprint density at radius 1 is 0.750 bits per heavy atom. The number of hydrogen-bond acceptors (Lipinski definition) is 12. The lowest BCUT2D eigenvalue weighted by Crippen LogP contribution is -2.43. The summed E-state index contributed by atoms with van der Waals surface area (Å²) >= 11 is 0. The Morgan fingerprint density at radius 2 is 1.15 bits per heavy atom. The van der Waals surface area contributed by atoms with Gasteiger partial charge in [0.2, 0.25) is 0 Å². The Hall–Kier alpha value is -3.82. The second kappa shape index (κ2) is 15.6. The van der Waals surface area contributed by atoms with Crippen molar-refractivity contribution >= 4 is 11.9 Å². The highest BCUT2D eigenvalue weighted by molar-refractivity contribution is 5.81. The van der Waals surface area contributed by atoms with Crippen molar-refractivity contribution in [3.05, 3.63) is 84.0 Å². The van der Waals surface area contributed by atoms with E-state index >= 15 is 0 Å². The summed E-state index contributed by atoms with van der Waals surface area (Å²) in [6.07, 6.45) is 0.825. The van der Waals surface area contributed by atoms with E-state index < -0.39 is 23.5 Å². The van der Waals surface area contributed by atoms with Crippen LogP contribution in [0.2, 0.25) is 0 Å². The van der Waals surface area contributed by atoms with Crippen molar-refractivity contribution < 1.29 is 48.0 Å². The molecule has 4 fully saturated rings. The fourth-order valence-corrected chi connectivity index (χ4v) is 6.30. The SMILES string of the molecule is C=C1COC2(C[C@H](C(=O)NO)N(Cc3ccc(OC)cc3)C2)OC1.C=C1COC2(C[C@H](C(=O)OC)N(Cc3ccc(OC)cc3)C2)OC1. The minimum atomic E-state index is -0.829. The number of likely N-dealkylation sites (tertiary alicyclic amines) is 2. The molecule has 2 aromatic carbocycles. The number of hydroxylamine groups is 1. The molecule has 2 atom stereocenters. The summed E-state index contributed by atoms with van der Waals surface area (Å²) in [7, 11) is 4.66. The van der Waals surface area contributed by atoms with Crippen LogP contribution in [0.3, 0.4) is 0 Å². The zero-order valence-electron chi connectivity index (χ0n) is 27.8. The standard InChI is InChI=1S/C18H23NO5.C17H22N2O5/c1-13-10-23-18(24-11-13)8-16(17(20)22-3)19(12-18)9-14-4-6-15(21-2)7-5-14;1-12-9-23-17(24-10-12)7-15(16(20)18-21)19(11-17)8-13-3-5-14(22-2)6-4-13/h4-7,16H,1,8-12H2,2-3H3;3-6,15,21H,1,7-11H2,2H3,(H,18,20)/t16-;15-/m11/s1. The van der Waals surface area contributed by atoms with E-state index in [1.165, 1.54) is 7.11 Å². The van der Waals surface area contributed by atoms with Crippen molar-refractivity contribution in [2.45, 2.75) is 49.6 Å². The van der Waals surface area contributed by atoms with Crippen LogP contribution in [0, 0.1) is 0 Å². The molecule has 48 heavy (non-hydrogen) atoms. The van der Waals surface area contributed by atoms with Crippen molar-refractivity contribution in [3.8, 4) is 11.5 Å². The van der Waals surface area contributed by atoms with Crippen molar-refractivity contribution in [1.82, 2.24) is 15.3 Å². The highest BCUT2D eigenvalue weighted by Gasteiger charge is 2.51. The molecule has 0 aromatic heterocycles. The number of carbonyl (C=O) groups is 2. The number of benzene rings is 2. The smallest absolute Gasteiger partial charge is 0.323 e. The molecule has 13 nitrogen and oxygen atoms in total. The first kappa shape index (κ1) is 35.5. The van der Waals surface area contributed by atoms with Gasteiger partial charge in [-0.05, 0) is 46.5 Å². The molecule has 0 radical (unpaired) electrons. The lowest BCUT2D eigenvalue weighted by molar-refractivity contribution is -0.240. The number of hydrogen-bond donors (Lipinski definition) is 2. The van der Waals surface area contributed by atoms with E-state index in [0.717, 1.165) is 33.8 Å². The monoisotopic (exact) mass is 667 g/mol. The third kappa shape index (κ3) is 8.42. The molecule has 13 heteroatoms. The molecule has 2 N–H and O–H groups in total. The highest BCUT2D eigenvalue weighted by atomic mass is 16.7. The Labute approximate surface area is 280 Å². The van der Waals surface area contributed by atoms with Gasteiger partial charge in [0, 0.05) is 25.9 Å². The minimum absolute atomic E-state index is 0.267. The van der Waals surface area contributed by atoms with Gasteiger partial charge in [-0.2, -0.15) is 0 Å². The summed E-state index contributed by atoms with van der Waals surface area (Å²) in [5.74, 6) is -0.733. The second-order valence-corrected chi connectivity index (χ2v) is 12.4. The molecule has 2 aromatic rings. The van der Waals surface area contributed by atoms with Gasteiger partial charge in [0.15, 0.2) is 11.6 Å². The molecule has 4 saturated heterocycles. The van der Waals surface area contributed by atoms with Crippen LogP contribution in [0.1, 0.15) is 24.0 Å². The number of ether oxygens (including phenoxy) is 7. The summed E-state index contributed by atoms with van der Waals surface area (Å²) in [5.41, 5.74) is 5.64. The third-order valence-corrected chi connectivity index (χ3v) is 8.91. The molecule has 4 aliphatic rings. The molecule has 0 bridgehead atoms. The van der Waals surface area contributed by atoms with E-state index in [-0.39, 0.29) is 12.0 Å². The topological polar surface area (TPSA) is 137 Å². The van der Waals surface area contributed by atoms with E-state index in [0.29, 0.717) is 65.4 Å². The molecular formula is C35H45N3O10. The highest BCUT2D eigenvalue weighted by Crippen LogP contribution is 2.37. The van der Waals surface area contributed by atoms with Gasteiger partial charge in [0.1, 0.15) is 17.5 Å². The Kier molecular flexibility index (Phi) is 11.5. The van der Waals surface area contributed by atoms with Crippen LogP contribution in [-0.4, -0.2) is 111 Å². The number of carbonyl (C=O) groups excluding carboxylic acids is 2. The predicted octanol–water partition coefficient (Wildman–Crippen LogP) is 2.82. The van der Waals surface area contributed by atoms with Crippen LogP contribution < -0.4 is 15.0 Å². The largest absolute Gasteiger partial charge is 0.497 e. The minimum Gasteiger partial charge on any atom is -0.497 e. The molecule has 1 amide bonds. The molecule has 0 unspecified atom stereocenters. The summed E-state index contributed by atoms with van der Waals surface area (Å²) in [4.78, 5) is 28.2. The van der Waals surface area contributed by atoms with Gasteiger partial charge in [0.05, 0.1) is 66.9 Å². The number of amides is 1. The number of nitrogens with zero attached hydrogens (tertiary/aromatic N) is 2. The fourth-order valence-electron chi connectivity index (χ4n) is 6.30. The van der Waals surface area contributed by atoms with Crippen LogP contribution in [0.15, 0.2) is 72.8 Å². The van der Waals surface area contributed by atoms with Crippen LogP contribution in [0.5, 0.6) is 11.5 Å². The van der Waals surface area contributed by atoms with Crippen molar-refractivity contribution in [2.24, 2.45) is 0 Å². The average molecular weight is 668 g/mol.